The van der Waals surface area contributed by atoms with Gasteiger partial charge >= 0.3 is 29.6 Å². The number of rotatable bonds is 4. The largest absolute Gasteiger partial charge is 1.00 e. The van der Waals surface area contributed by atoms with E-state index in [1.165, 1.54) is 28.8 Å². The first kappa shape index (κ1) is 22.2. The molecular weight excluding hydrogens is 438 g/mol. The van der Waals surface area contributed by atoms with Gasteiger partial charge in [0.15, 0.2) is 0 Å². The van der Waals surface area contributed by atoms with Crippen molar-refractivity contribution in [2.45, 2.75) is 4.90 Å². The summed E-state index contributed by atoms with van der Waals surface area (Å²) in [5.41, 5.74) is 1.21. The van der Waals surface area contributed by atoms with Crippen LogP contribution >= 0.6 is 7.92 Å². The quantitative estimate of drug-likeness (QED) is 0.233. The van der Waals surface area contributed by atoms with Gasteiger partial charge in [-0.1, -0.05) is 66.7 Å². The molecular formula is C24H16NaO4PS. The summed E-state index contributed by atoms with van der Waals surface area (Å²) in [6.07, 6.45) is 0. The zero-order chi connectivity index (χ0) is 20.7. The van der Waals surface area contributed by atoms with Gasteiger partial charge in [-0.2, -0.15) is 0 Å². The second-order valence-corrected chi connectivity index (χ2v) is 10.5. The molecule has 0 saturated heterocycles. The van der Waals surface area contributed by atoms with E-state index in [1.807, 2.05) is 48.5 Å². The topological polar surface area (TPSA) is 70.3 Å². The van der Waals surface area contributed by atoms with E-state index in [9.17, 15) is 13.0 Å². The Hall–Kier alpha value is -1.98. The van der Waals surface area contributed by atoms with Crippen molar-refractivity contribution >= 4 is 55.9 Å². The minimum atomic E-state index is -4.54. The molecule has 4 nitrogen and oxygen atoms in total. The molecule has 7 heteroatoms. The van der Waals surface area contributed by atoms with Gasteiger partial charge in [0.1, 0.15) is 21.3 Å². The summed E-state index contributed by atoms with van der Waals surface area (Å²) in [6.45, 7) is 0. The number of benzene rings is 4. The van der Waals surface area contributed by atoms with Crippen molar-refractivity contribution in [3.8, 4) is 0 Å². The molecule has 31 heavy (non-hydrogen) atoms. The molecule has 1 aromatic heterocycles. The molecule has 1 heterocycles. The third-order valence-corrected chi connectivity index (χ3v) is 8.25. The number of hydrogen-bond donors (Lipinski definition) is 0. The van der Waals surface area contributed by atoms with Gasteiger partial charge < -0.3 is 8.97 Å². The van der Waals surface area contributed by atoms with Crippen molar-refractivity contribution in [1.82, 2.24) is 0 Å². The van der Waals surface area contributed by atoms with Gasteiger partial charge in [-0.05, 0) is 54.2 Å². The van der Waals surface area contributed by atoms with E-state index in [0.29, 0.717) is 16.6 Å². The minimum absolute atomic E-state index is 0. The van der Waals surface area contributed by atoms with Gasteiger partial charge in [0.2, 0.25) is 0 Å². The first-order chi connectivity index (χ1) is 14.5. The number of furan rings is 1. The predicted molar refractivity (Wildman–Crippen MR) is 120 cm³/mol. The fourth-order valence-corrected chi connectivity index (χ4v) is 6.45. The van der Waals surface area contributed by atoms with Gasteiger partial charge in [-0.3, -0.25) is 0 Å². The van der Waals surface area contributed by atoms with Crippen LogP contribution in [0.25, 0.3) is 21.9 Å². The van der Waals surface area contributed by atoms with Crippen LogP contribution in [0.15, 0.2) is 106 Å². The van der Waals surface area contributed by atoms with Crippen molar-refractivity contribution in [3.63, 3.8) is 0 Å². The molecule has 0 N–H and O–H groups in total. The fraction of sp³-hybridized carbons (Fsp3) is 0. The molecule has 0 spiro atoms. The van der Waals surface area contributed by atoms with E-state index >= 15 is 0 Å². The van der Waals surface area contributed by atoms with Crippen LogP contribution in [0.2, 0.25) is 0 Å². The maximum absolute atomic E-state index is 11.5. The summed E-state index contributed by atoms with van der Waals surface area (Å²) >= 11 is 0. The maximum Gasteiger partial charge on any atom is 1.00 e. The summed E-state index contributed by atoms with van der Waals surface area (Å²) in [6, 6.07) is 30.9. The zero-order valence-corrected chi connectivity index (χ0v) is 20.4. The molecule has 148 valence electrons. The molecule has 0 radical (unpaired) electrons. The molecule has 0 amide bonds. The first-order valence-corrected chi connectivity index (χ1v) is 12.1. The van der Waals surface area contributed by atoms with E-state index in [-0.39, 0.29) is 34.5 Å². The summed E-state index contributed by atoms with van der Waals surface area (Å²) in [4.78, 5) is -0.253. The average Bonchev–Trinajstić information content (AvgIpc) is 3.12. The van der Waals surface area contributed by atoms with Crippen molar-refractivity contribution in [1.29, 1.82) is 0 Å². The monoisotopic (exact) mass is 454 g/mol. The smallest absolute Gasteiger partial charge is 0.744 e. The number of hydrogen-bond acceptors (Lipinski definition) is 4. The van der Waals surface area contributed by atoms with Crippen LogP contribution in [0.3, 0.4) is 0 Å². The Balaban J connectivity index is 0.00000231. The van der Waals surface area contributed by atoms with Gasteiger partial charge in [0, 0.05) is 10.8 Å². The molecule has 5 rings (SSSR count). The van der Waals surface area contributed by atoms with E-state index in [2.05, 4.69) is 30.3 Å². The SMILES string of the molecule is O=S(=O)([O-])c1ccc2oc3ccc(P(c4ccccc4)c4ccccc4)cc3c2c1.[Na+]. The molecule has 0 fully saturated rings. The van der Waals surface area contributed by atoms with E-state index < -0.39 is 18.0 Å². The predicted octanol–water partition coefficient (Wildman–Crippen LogP) is 1.25. The molecule has 0 aliphatic rings. The van der Waals surface area contributed by atoms with Crippen LogP contribution < -0.4 is 45.5 Å². The van der Waals surface area contributed by atoms with Gasteiger partial charge in [0.25, 0.3) is 0 Å². The second kappa shape index (κ2) is 8.87. The molecule has 0 bridgehead atoms. The Kier molecular flexibility index (Phi) is 6.36. The molecule has 0 aliphatic carbocycles. The Morgan fingerprint density at radius 1 is 0.645 bits per heavy atom. The molecule has 0 atom stereocenters. The van der Waals surface area contributed by atoms with Crippen molar-refractivity contribution in [2.24, 2.45) is 0 Å². The Morgan fingerprint density at radius 3 is 1.71 bits per heavy atom. The zero-order valence-electron chi connectivity index (χ0n) is 16.7. The van der Waals surface area contributed by atoms with E-state index in [4.69, 9.17) is 4.42 Å². The molecule has 4 aromatic carbocycles. The molecule has 0 saturated carbocycles. The molecule has 0 unspecified atom stereocenters. The summed E-state index contributed by atoms with van der Waals surface area (Å²) in [5, 5.41) is 4.97. The minimum Gasteiger partial charge on any atom is -0.744 e. The van der Waals surface area contributed by atoms with Crippen LogP contribution in [0.5, 0.6) is 0 Å². The van der Waals surface area contributed by atoms with Gasteiger partial charge in [0.05, 0.1) is 4.90 Å². The first-order valence-electron chi connectivity index (χ1n) is 9.33. The Bertz CT molecular complexity index is 1430. The van der Waals surface area contributed by atoms with Crippen molar-refractivity contribution in [3.05, 3.63) is 97.1 Å². The molecule has 5 aromatic rings. The fourth-order valence-electron chi connectivity index (χ4n) is 3.64. The van der Waals surface area contributed by atoms with E-state index in [0.717, 1.165) is 10.7 Å². The summed E-state index contributed by atoms with van der Waals surface area (Å²) in [5.74, 6) is 0. The van der Waals surface area contributed by atoms with Gasteiger partial charge in [-0.25, -0.2) is 8.42 Å². The van der Waals surface area contributed by atoms with E-state index in [1.54, 1.807) is 0 Å². The standard InChI is InChI=1S/C24H17O4PS.Na/c25-30(26,27)20-12-14-24-22(16-20)21-15-19(11-13-23(21)28-24)29(17-7-3-1-4-8-17)18-9-5-2-6-10-18;/h1-16H,(H,25,26,27);/q;+1/p-1. The van der Waals surface area contributed by atoms with Crippen LogP contribution in [0.1, 0.15) is 0 Å². The second-order valence-electron chi connectivity index (χ2n) is 6.90. The van der Waals surface area contributed by atoms with Crippen LogP contribution in [-0.4, -0.2) is 13.0 Å². The summed E-state index contributed by atoms with van der Waals surface area (Å²) in [7, 11) is -5.35. The molecule has 0 aliphatic heterocycles. The third kappa shape index (κ3) is 4.35. The Labute approximate surface area is 203 Å². The van der Waals surface area contributed by atoms with Crippen LogP contribution in [0, 0.1) is 0 Å². The number of fused-ring (bicyclic) bond motifs is 3. The average molecular weight is 454 g/mol. The third-order valence-electron chi connectivity index (χ3n) is 5.00. The normalized spacial score (nSPS) is 11.7. The maximum atomic E-state index is 11.5. The van der Waals surface area contributed by atoms with Crippen LogP contribution in [0.4, 0.5) is 0 Å². The van der Waals surface area contributed by atoms with Crippen LogP contribution in [-0.2, 0) is 10.1 Å². The van der Waals surface area contributed by atoms with Crippen molar-refractivity contribution in [2.75, 3.05) is 0 Å². The van der Waals surface area contributed by atoms with Crippen molar-refractivity contribution < 1.29 is 46.9 Å². The van der Waals surface area contributed by atoms with Gasteiger partial charge in [-0.15, -0.1) is 0 Å². The Morgan fingerprint density at radius 2 is 1.16 bits per heavy atom. The summed E-state index contributed by atoms with van der Waals surface area (Å²) < 4.78 is 40.4.